The molecule has 0 aliphatic rings. The molecule has 0 radical (unpaired) electrons. The third-order valence-corrected chi connectivity index (χ3v) is 5.12. The number of hydrogen-bond acceptors (Lipinski definition) is 2. The lowest BCUT2D eigenvalue weighted by Gasteiger charge is -2.23. The molecular weight excluding hydrogens is 360 g/mol. The Morgan fingerprint density at radius 1 is 1.00 bits per heavy atom. The van der Waals surface area contributed by atoms with Gasteiger partial charge in [-0.1, -0.05) is 55.3 Å². The summed E-state index contributed by atoms with van der Waals surface area (Å²) in [4.78, 5) is 27.5. The molecule has 4 nitrogen and oxygen atoms in total. The van der Waals surface area contributed by atoms with Crippen LogP contribution in [0.5, 0.6) is 0 Å². The minimum atomic E-state index is -0.109. The van der Waals surface area contributed by atoms with Crippen molar-refractivity contribution in [3.8, 4) is 0 Å². The Hall–Kier alpha value is -3.14. The molecule has 1 heterocycles. The second-order valence-electron chi connectivity index (χ2n) is 7.46. The number of unbranched alkanes of at least 4 members (excludes halogenated alkanes) is 1. The summed E-state index contributed by atoms with van der Waals surface area (Å²) in [6.07, 6.45) is 3.61. The molecule has 0 unspecified atom stereocenters. The Labute approximate surface area is 172 Å². The molecule has 3 aromatic rings. The lowest BCUT2D eigenvalue weighted by molar-refractivity contribution is 0.0985. The SMILES string of the molecule is CCCCN(C(=O)c1ccc(=O)n(Cc2cc(C)ccc2C)c1)c1ccccc1. The van der Waals surface area contributed by atoms with Crippen LogP contribution in [0.2, 0.25) is 0 Å². The predicted molar refractivity (Wildman–Crippen MR) is 119 cm³/mol. The average Bonchev–Trinajstić information content (AvgIpc) is 2.73. The van der Waals surface area contributed by atoms with Crippen LogP contribution in [0.25, 0.3) is 0 Å². The second kappa shape index (κ2) is 9.37. The van der Waals surface area contributed by atoms with E-state index in [1.807, 2.05) is 44.2 Å². The normalized spacial score (nSPS) is 10.7. The van der Waals surface area contributed by atoms with E-state index in [2.05, 4.69) is 25.1 Å². The van der Waals surface area contributed by atoms with E-state index in [0.29, 0.717) is 18.7 Å². The number of pyridine rings is 1. The number of anilines is 1. The van der Waals surface area contributed by atoms with Gasteiger partial charge in [0.15, 0.2) is 0 Å². The van der Waals surface area contributed by atoms with Gasteiger partial charge in [-0.15, -0.1) is 0 Å². The standard InChI is InChI=1S/C25H28N2O2/c1-4-5-15-27(23-9-7-6-8-10-23)25(29)21-13-14-24(28)26(17-21)18-22-16-19(2)11-12-20(22)3/h6-14,16-17H,4-5,15,18H2,1-3H3. The number of para-hydroxylation sites is 1. The molecule has 3 rings (SSSR count). The number of hydrogen-bond donors (Lipinski definition) is 0. The summed E-state index contributed by atoms with van der Waals surface area (Å²) in [6.45, 7) is 7.29. The highest BCUT2D eigenvalue weighted by atomic mass is 16.2. The lowest BCUT2D eigenvalue weighted by Crippen LogP contribution is -2.33. The summed E-state index contributed by atoms with van der Waals surface area (Å²) in [7, 11) is 0. The first-order valence-electron chi connectivity index (χ1n) is 10.1. The van der Waals surface area contributed by atoms with Crippen molar-refractivity contribution in [3.05, 3.63) is 99.5 Å². The summed E-state index contributed by atoms with van der Waals surface area (Å²) in [5.41, 5.74) is 4.66. The molecule has 0 N–H and O–H groups in total. The zero-order chi connectivity index (χ0) is 20.8. The van der Waals surface area contributed by atoms with Crippen molar-refractivity contribution in [2.24, 2.45) is 0 Å². The molecule has 0 spiro atoms. The van der Waals surface area contributed by atoms with Crippen LogP contribution in [-0.2, 0) is 6.54 Å². The van der Waals surface area contributed by atoms with Crippen molar-refractivity contribution >= 4 is 11.6 Å². The maximum atomic E-state index is 13.3. The van der Waals surface area contributed by atoms with Crippen LogP contribution in [-0.4, -0.2) is 17.0 Å². The van der Waals surface area contributed by atoms with Crippen molar-refractivity contribution in [1.82, 2.24) is 4.57 Å². The number of nitrogens with zero attached hydrogens (tertiary/aromatic N) is 2. The lowest BCUT2D eigenvalue weighted by atomic mass is 10.1. The maximum absolute atomic E-state index is 13.3. The minimum Gasteiger partial charge on any atom is -0.310 e. The fraction of sp³-hybridized carbons (Fsp3) is 0.280. The number of rotatable bonds is 7. The van der Waals surface area contributed by atoms with Gasteiger partial charge in [0.25, 0.3) is 11.5 Å². The van der Waals surface area contributed by atoms with Crippen molar-refractivity contribution < 1.29 is 4.79 Å². The highest BCUT2D eigenvalue weighted by molar-refractivity contribution is 6.05. The van der Waals surface area contributed by atoms with Gasteiger partial charge in [-0.25, -0.2) is 0 Å². The van der Waals surface area contributed by atoms with Gasteiger partial charge in [0, 0.05) is 24.5 Å². The molecular formula is C25H28N2O2. The zero-order valence-electron chi connectivity index (χ0n) is 17.4. The number of carbonyl (C=O) groups excluding carboxylic acids is 1. The van der Waals surface area contributed by atoms with E-state index < -0.39 is 0 Å². The highest BCUT2D eigenvalue weighted by Crippen LogP contribution is 2.18. The van der Waals surface area contributed by atoms with Gasteiger partial charge in [-0.3, -0.25) is 9.59 Å². The van der Waals surface area contributed by atoms with Gasteiger partial charge in [0.1, 0.15) is 0 Å². The molecule has 0 aliphatic heterocycles. The summed E-state index contributed by atoms with van der Waals surface area (Å²) in [6, 6.07) is 19.0. The second-order valence-corrected chi connectivity index (χ2v) is 7.46. The molecule has 0 aliphatic carbocycles. The van der Waals surface area contributed by atoms with E-state index >= 15 is 0 Å². The van der Waals surface area contributed by atoms with Crippen molar-refractivity contribution in [2.75, 3.05) is 11.4 Å². The van der Waals surface area contributed by atoms with E-state index in [1.165, 1.54) is 6.07 Å². The first-order valence-corrected chi connectivity index (χ1v) is 10.1. The van der Waals surface area contributed by atoms with Crippen molar-refractivity contribution in [1.29, 1.82) is 0 Å². The molecule has 150 valence electrons. The maximum Gasteiger partial charge on any atom is 0.259 e. The van der Waals surface area contributed by atoms with Crippen molar-refractivity contribution in [3.63, 3.8) is 0 Å². The van der Waals surface area contributed by atoms with Crippen LogP contribution in [0.4, 0.5) is 5.69 Å². The van der Waals surface area contributed by atoms with E-state index in [4.69, 9.17) is 0 Å². The number of benzene rings is 2. The molecule has 0 saturated carbocycles. The summed E-state index contributed by atoms with van der Waals surface area (Å²) in [5.74, 6) is -0.0839. The fourth-order valence-electron chi connectivity index (χ4n) is 3.36. The first-order chi connectivity index (χ1) is 14.0. The zero-order valence-corrected chi connectivity index (χ0v) is 17.4. The molecule has 0 fully saturated rings. The Bertz CT molecular complexity index is 1040. The molecule has 0 saturated heterocycles. The van der Waals surface area contributed by atoms with Gasteiger partial charge in [-0.05, 0) is 49.6 Å². The molecule has 4 heteroatoms. The third-order valence-electron chi connectivity index (χ3n) is 5.12. The van der Waals surface area contributed by atoms with E-state index in [-0.39, 0.29) is 11.5 Å². The average molecular weight is 389 g/mol. The van der Waals surface area contributed by atoms with Crippen LogP contribution in [0, 0.1) is 13.8 Å². The fourth-order valence-corrected chi connectivity index (χ4v) is 3.36. The number of carbonyl (C=O) groups is 1. The molecule has 1 aromatic heterocycles. The monoisotopic (exact) mass is 388 g/mol. The Kier molecular flexibility index (Phi) is 6.65. The van der Waals surface area contributed by atoms with Gasteiger partial charge >= 0.3 is 0 Å². The summed E-state index contributed by atoms with van der Waals surface area (Å²) in [5, 5.41) is 0. The van der Waals surface area contributed by atoms with Crippen LogP contribution in [0.15, 0.2) is 71.7 Å². The molecule has 29 heavy (non-hydrogen) atoms. The van der Waals surface area contributed by atoms with Crippen LogP contribution < -0.4 is 10.5 Å². The molecule has 1 amide bonds. The van der Waals surface area contributed by atoms with E-state index in [0.717, 1.165) is 35.2 Å². The van der Waals surface area contributed by atoms with Crippen molar-refractivity contribution in [2.45, 2.75) is 40.2 Å². The Morgan fingerprint density at radius 2 is 1.76 bits per heavy atom. The molecule has 0 atom stereocenters. The summed E-state index contributed by atoms with van der Waals surface area (Å²) < 4.78 is 1.62. The molecule has 2 aromatic carbocycles. The number of amides is 1. The number of aryl methyl sites for hydroxylation is 2. The van der Waals surface area contributed by atoms with Crippen LogP contribution in [0.3, 0.4) is 0 Å². The topological polar surface area (TPSA) is 42.3 Å². The highest BCUT2D eigenvalue weighted by Gasteiger charge is 2.18. The quantitative estimate of drug-likeness (QED) is 0.574. The Morgan fingerprint density at radius 3 is 2.48 bits per heavy atom. The van der Waals surface area contributed by atoms with Gasteiger partial charge < -0.3 is 9.47 Å². The van der Waals surface area contributed by atoms with E-state index in [1.54, 1.807) is 21.7 Å². The number of aromatic nitrogens is 1. The smallest absolute Gasteiger partial charge is 0.259 e. The minimum absolute atomic E-state index is 0.0839. The first kappa shape index (κ1) is 20.6. The van der Waals surface area contributed by atoms with Gasteiger partial charge in [-0.2, -0.15) is 0 Å². The third kappa shape index (κ3) is 5.02. The van der Waals surface area contributed by atoms with Crippen LogP contribution in [0.1, 0.15) is 46.8 Å². The van der Waals surface area contributed by atoms with Gasteiger partial charge in [0.2, 0.25) is 0 Å². The van der Waals surface area contributed by atoms with Gasteiger partial charge in [0.05, 0.1) is 12.1 Å². The van der Waals surface area contributed by atoms with E-state index in [9.17, 15) is 9.59 Å². The predicted octanol–water partition coefficient (Wildman–Crippen LogP) is 4.96. The Balaban J connectivity index is 1.93. The molecule has 0 bridgehead atoms. The largest absolute Gasteiger partial charge is 0.310 e. The summed E-state index contributed by atoms with van der Waals surface area (Å²) >= 11 is 0. The van der Waals surface area contributed by atoms with Crippen LogP contribution >= 0.6 is 0 Å².